The molecule has 1 heterocycles. The summed E-state index contributed by atoms with van der Waals surface area (Å²) in [6.45, 7) is 4.73. The fourth-order valence-electron chi connectivity index (χ4n) is 2.05. The van der Waals surface area contributed by atoms with Crippen LogP contribution in [0.3, 0.4) is 0 Å². The number of rotatable bonds is 7. The maximum atomic E-state index is 12.1. The summed E-state index contributed by atoms with van der Waals surface area (Å²) in [7, 11) is 0. The van der Waals surface area contributed by atoms with E-state index in [4.69, 9.17) is 4.42 Å². The molecule has 2 nitrogen and oxygen atoms in total. The van der Waals surface area contributed by atoms with Crippen molar-refractivity contribution in [1.29, 1.82) is 0 Å². The van der Waals surface area contributed by atoms with Gasteiger partial charge < -0.3 is 9.73 Å². The molecule has 1 aromatic carbocycles. The lowest BCUT2D eigenvalue weighted by atomic mass is 10.1. The van der Waals surface area contributed by atoms with Gasteiger partial charge in [0.2, 0.25) is 0 Å². The van der Waals surface area contributed by atoms with Gasteiger partial charge >= 0.3 is 0 Å². The van der Waals surface area contributed by atoms with Gasteiger partial charge in [-0.25, -0.2) is 0 Å². The van der Waals surface area contributed by atoms with Gasteiger partial charge in [-0.1, -0.05) is 41.6 Å². The van der Waals surface area contributed by atoms with Gasteiger partial charge in [0.05, 0.1) is 12.3 Å². The molecule has 1 N–H and O–H groups in total. The van der Waals surface area contributed by atoms with Crippen molar-refractivity contribution in [3.8, 4) is 0 Å². The SMILES string of the molecule is Cc1cccc([C@H](C)NCc2ccc(CSC(F)F)o2)c1. The van der Waals surface area contributed by atoms with Gasteiger partial charge in [-0.3, -0.25) is 0 Å². The van der Waals surface area contributed by atoms with E-state index in [1.807, 2.05) is 12.1 Å². The normalized spacial score (nSPS) is 12.8. The van der Waals surface area contributed by atoms with E-state index in [0.717, 1.165) is 5.76 Å². The first kappa shape index (κ1) is 16.0. The standard InChI is InChI=1S/C16H19F2NOS/c1-11-4-3-5-13(8-11)12(2)19-9-14-6-7-15(20-14)10-21-16(17)18/h3-8,12,16,19H,9-10H2,1-2H3/t12-/m0/s1. The van der Waals surface area contributed by atoms with Gasteiger partial charge in [0.25, 0.3) is 5.76 Å². The van der Waals surface area contributed by atoms with Gasteiger partial charge in [-0.15, -0.1) is 0 Å². The minimum Gasteiger partial charge on any atom is -0.464 e. The molecule has 0 saturated heterocycles. The fourth-order valence-corrected chi connectivity index (χ4v) is 2.50. The molecule has 0 aliphatic carbocycles. The zero-order chi connectivity index (χ0) is 15.2. The average Bonchev–Trinajstić information content (AvgIpc) is 2.90. The molecule has 1 aromatic heterocycles. The number of hydrogen-bond acceptors (Lipinski definition) is 3. The van der Waals surface area contributed by atoms with E-state index in [-0.39, 0.29) is 11.8 Å². The molecule has 0 spiro atoms. The second-order valence-corrected chi connectivity index (χ2v) is 5.93. The molecule has 2 rings (SSSR count). The predicted molar refractivity (Wildman–Crippen MR) is 82.4 cm³/mol. The Hall–Kier alpha value is -1.33. The molecule has 2 aromatic rings. The van der Waals surface area contributed by atoms with E-state index >= 15 is 0 Å². The topological polar surface area (TPSA) is 25.2 Å². The highest BCUT2D eigenvalue weighted by Crippen LogP contribution is 2.21. The molecule has 0 bridgehead atoms. The molecule has 114 valence electrons. The van der Waals surface area contributed by atoms with Crippen molar-refractivity contribution in [2.24, 2.45) is 0 Å². The number of halogens is 2. The molecule has 0 saturated carbocycles. The lowest BCUT2D eigenvalue weighted by Gasteiger charge is -2.13. The zero-order valence-corrected chi connectivity index (χ0v) is 12.9. The summed E-state index contributed by atoms with van der Waals surface area (Å²) in [6.07, 6.45) is 0. The van der Waals surface area contributed by atoms with Crippen LogP contribution in [0.2, 0.25) is 0 Å². The highest BCUT2D eigenvalue weighted by molar-refractivity contribution is 7.98. The number of furan rings is 1. The van der Waals surface area contributed by atoms with Gasteiger partial charge in [-0.05, 0) is 31.5 Å². The van der Waals surface area contributed by atoms with Crippen molar-refractivity contribution in [2.75, 3.05) is 0 Å². The largest absolute Gasteiger partial charge is 0.464 e. The van der Waals surface area contributed by atoms with E-state index in [9.17, 15) is 8.78 Å². The minimum absolute atomic E-state index is 0.200. The van der Waals surface area contributed by atoms with E-state index in [0.29, 0.717) is 24.1 Å². The van der Waals surface area contributed by atoms with Crippen LogP contribution in [-0.4, -0.2) is 5.76 Å². The average molecular weight is 311 g/mol. The van der Waals surface area contributed by atoms with E-state index in [2.05, 4.69) is 37.4 Å². The quantitative estimate of drug-likeness (QED) is 0.787. The lowest BCUT2D eigenvalue weighted by Crippen LogP contribution is -2.17. The molecule has 1 atom stereocenters. The van der Waals surface area contributed by atoms with Crippen LogP contribution in [0.5, 0.6) is 0 Å². The first-order valence-corrected chi connectivity index (χ1v) is 7.87. The highest BCUT2D eigenvalue weighted by Gasteiger charge is 2.09. The number of thioether (sulfide) groups is 1. The Labute approximate surface area is 127 Å². The summed E-state index contributed by atoms with van der Waals surface area (Å²) < 4.78 is 29.7. The Morgan fingerprint density at radius 2 is 1.95 bits per heavy atom. The number of alkyl halides is 2. The lowest BCUT2D eigenvalue weighted by molar-refractivity contribution is 0.251. The Kier molecular flexibility index (Phi) is 5.82. The van der Waals surface area contributed by atoms with Crippen LogP contribution in [0.15, 0.2) is 40.8 Å². The van der Waals surface area contributed by atoms with Crippen LogP contribution in [0, 0.1) is 6.92 Å². The van der Waals surface area contributed by atoms with Crippen molar-refractivity contribution < 1.29 is 13.2 Å². The van der Waals surface area contributed by atoms with Crippen LogP contribution in [0.25, 0.3) is 0 Å². The Bertz CT molecular complexity index is 571. The van der Waals surface area contributed by atoms with Crippen molar-refractivity contribution in [1.82, 2.24) is 5.32 Å². The second kappa shape index (κ2) is 7.61. The Morgan fingerprint density at radius 1 is 1.19 bits per heavy atom. The maximum Gasteiger partial charge on any atom is 0.284 e. The third kappa shape index (κ3) is 5.17. The van der Waals surface area contributed by atoms with E-state index in [1.54, 1.807) is 6.07 Å². The maximum absolute atomic E-state index is 12.1. The number of nitrogens with one attached hydrogen (secondary N) is 1. The summed E-state index contributed by atoms with van der Waals surface area (Å²) in [6, 6.07) is 12.1. The Balaban J connectivity index is 1.85. The summed E-state index contributed by atoms with van der Waals surface area (Å²) >= 11 is 0.573. The Morgan fingerprint density at radius 3 is 2.67 bits per heavy atom. The molecule has 0 aliphatic heterocycles. The summed E-state index contributed by atoms with van der Waals surface area (Å²) in [4.78, 5) is 0. The smallest absolute Gasteiger partial charge is 0.284 e. The first-order valence-electron chi connectivity index (χ1n) is 6.82. The van der Waals surface area contributed by atoms with Crippen molar-refractivity contribution in [2.45, 2.75) is 37.9 Å². The second-order valence-electron chi connectivity index (χ2n) is 4.96. The van der Waals surface area contributed by atoms with E-state index < -0.39 is 5.76 Å². The molecule has 0 aliphatic rings. The minimum atomic E-state index is -2.36. The van der Waals surface area contributed by atoms with Crippen molar-refractivity contribution in [3.63, 3.8) is 0 Å². The van der Waals surface area contributed by atoms with Gasteiger partial charge in [0.1, 0.15) is 11.5 Å². The van der Waals surface area contributed by atoms with Gasteiger partial charge in [-0.2, -0.15) is 8.78 Å². The first-order chi connectivity index (χ1) is 10.0. The third-order valence-electron chi connectivity index (χ3n) is 3.19. The van der Waals surface area contributed by atoms with E-state index in [1.165, 1.54) is 11.1 Å². The monoisotopic (exact) mass is 311 g/mol. The third-order valence-corrected chi connectivity index (χ3v) is 3.90. The van der Waals surface area contributed by atoms with Gasteiger partial charge in [0, 0.05) is 6.04 Å². The highest BCUT2D eigenvalue weighted by atomic mass is 32.2. The van der Waals surface area contributed by atoms with Crippen LogP contribution in [0.4, 0.5) is 8.78 Å². The summed E-state index contributed by atoms with van der Waals surface area (Å²) in [5.41, 5.74) is 2.44. The molecule has 0 fully saturated rings. The van der Waals surface area contributed by atoms with Crippen molar-refractivity contribution in [3.05, 3.63) is 59.0 Å². The molecule has 5 heteroatoms. The molecule has 0 radical (unpaired) electrons. The summed E-state index contributed by atoms with van der Waals surface area (Å²) in [5.74, 6) is -0.817. The zero-order valence-electron chi connectivity index (χ0n) is 12.1. The molecular weight excluding hydrogens is 292 g/mol. The fraction of sp³-hybridized carbons (Fsp3) is 0.375. The molecular formula is C16H19F2NOS. The predicted octanol–water partition coefficient (Wildman–Crippen LogP) is 4.89. The van der Waals surface area contributed by atoms with Crippen molar-refractivity contribution >= 4 is 11.8 Å². The number of hydrogen-bond donors (Lipinski definition) is 1. The number of benzene rings is 1. The summed E-state index contributed by atoms with van der Waals surface area (Å²) in [5, 5.41) is 3.37. The molecule has 21 heavy (non-hydrogen) atoms. The molecule has 0 amide bonds. The van der Waals surface area contributed by atoms with Gasteiger partial charge in [0.15, 0.2) is 0 Å². The number of aryl methyl sites for hydroxylation is 1. The van der Waals surface area contributed by atoms with Crippen LogP contribution in [-0.2, 0) is 12.3 Å². The molecule has 0 unspecified atom stereocenters. The van der Waals surface area contributed by atoms with Crippen LogP contribution < -0.4 is 5.32 Å². The van der Waals surface area contributed by atoms with Crippen LogP contribution >= 0.6 is 11.8 Å². The van der Waals surface area contributed by atoms with Crippen LogP contribution in [0.1, 0.15) is 35.6 Å².